The summed E-state index contributed by atoms with van der Waals surface area (Å²) in [5.74, 6) is 0.988. The Labute approximate surface area is 162 Å². The number of carbonyl (C=O) groups is 1. The highest BCUT2D eigenvalue weighted by atomic mass is 16.5. The zero-order chi connectivity index (χ0) is 18.9. The Morgan fingerprint density at radius 1 is 1.04 bits per heavy atom. The minimum atomic E-state index is 0.0471. The Bertz CT molecular complexity index is 1010. The topological polar surface area (TPSA) is 96.2 Å². The number of hydrogen-bond donors (Lipinski definition) is 2. The first-order valence-electron chi connectivity index (χ1n) is 9.42. The van der Waals surface area contributed by atoms with Gasteiger partial charge in [0.2, 0.25) is 11.7 Å². The molecule has 142 valence electrons. The van der Waals surface area contributed by atoms with Crippen LogP contribution in [0.3, 0.4) is 0 Å². The summed E-state index contributed by atoms with van der Waals surface area (Å²) >= 11 is 0. The Balaban J connectivity index is 1.36. The van der Waals surface area contributed by atoms with E-state index in [1.807, 2.05) is 30.3 Å². The molecule has 5 rings (SSSR count). The molecule has 8 heteroatoms. The van der Waals surface area contributed by atoms with Crippen LogP contribution in [0.1, 0.15) is 11.3 Å². The van der Waals surface area contributed by atoms with Crippen molar-refractivity contribution < 1.29 is 9.32 Å². The number of aromatic nitrogens is 3. The predicted octanol–water partition coefficient (Wildman–Crippen LogP) is 1.38. The second kappa shape index (κ2) is 7.05. The SMILES string of the molecule is O=C1CN(c2ccc(-c3noc(-c4ccc5c(n4)CNCC5)n3)cc2)CCN1. The largest absolute Gasteiger partial charge is 0.360 e. The molecule has 28 heavy (non-hydrogen) atoms. The van der Waals surface area contributed by atoms with Crippen LogP contribution >= 0.6 is 0 Å². The number of anilines is 1. The number of hydrogen-bond acceptors (Lipinski definition) is 7. The summed E-state index contributed by atoms with van der Waals surface area (Å²) in [6.07, 6.45) is 0.989. The van der Waals surface area contributed by atoms with Gasteiger partial charge in [0.25, 0.3) is 5.89 Å². The van der Waals surface area contributed by atoms with Crippen molar-refractivity contribution in [2.75, 3.05) is 31.1 Å². The van der Waals surface area contributed by atoms with Crippen molar-refractivity contribution in [1.29, 1.82) is 0 Å². The van der Waals surface area contributed by atoms with Crippen molar-refractivity contribution in [3.63, 3.8) is 0 Å². The molecule has 3 aromatic rings. The summed E-state index contributed by atoms with van der Waals surface area (Å²) in [7, 11) is 0. The summed E-state index contributed by atoms with van der Waals surface area (Å²) in [6, 6.07) is 11.9. The van der Waals surface area contributed by atoms with Crippen molar-refractivity contribution in [2.24, 2.45) is 0 Å². The van der Waals surface area contributed by atoms with Gasteiger partial charge in [-0.2, -0.15) is 4.98 Å². The lowest BCUT2D eigenvalue weighted by Gasteiger charge is -2.28. The second-order valence-electron chi connectivity index (χ2n) is 6.97. The van der Waals surface area contributed by atoms with Gasteiger partial charge in [-0.1, -0.05) is 11.2 Å². The van der Waals surface area contributed by atoms with Crippen LogP contribution in [0.25, 0.3) is 23.0 Å². The molecule has 0 spiro atoms. The molecule has 1 fully saturated rings. The van der Waals surface area contributed by atoms with E-state index in [9.17, 15) is 4.79 Å². The molecular formula is C20H20N6O2. The third-order valence-electron chi connectivity index (χ3n) is 5.11. The zero-order valence-electron chi connectivity index (χ0n) is 15.3. The maximum absolute atomic E-state index is 11.6. The average molecular weight is 376 g/mol. The van der Waals surface area contributed by atoms with E-state index in [0.29, 0.717) is 30.5 Å². The lowest BCUT2D eigenvalue weighted by atomic mass is 10.1. The highest BCUT2D eigenvalue weighted by Gasteiger charge is 2.18. The number of amides is 1. The van der Waals surface area contributed by atoms with Crippen molar-refractivity contribution in [1.82, 2.24) is 25.8 Å². The molecule has 2 aliphatic rings. The molecule has 2 N–H and O–H groups in total. The summed E-state index contributed by atoms with van der Waals surface area (Å²) < 4.78 is 5.45. The first-order chi connectivity index (χ1) is 13.8. The molecule has 0 saturated carbocycles. The molecule has 0 atom stereocenters. The Morgan fingerprint density at radius 2 is 1.93 bits per heavy atom. The van der Waals surface area contributed by atoms with Crippen LogP contribution < -0.4 is 15.5 Å². The summed E-state index contributed by atoms with van der Waals surface area (Å²) in [6.45, 7) is 3.59. The van der Waals surface area contributed by atoms with Crippen LogP contribution in [0.15, 0.2) is 40.9 Å². The fourth-order valence-corrected chi connectivity index (χ4v) is 3.58. The lowest BCUT2D eigenvalue weighted by molar-refractivity contribution is -0.120. The van der Waals surface area contributed by atoms with E-state index in [1.165, 1.54) is 5.56 Å². The minimum Gasteiger partial charge on any atom is -0.360 e. The van der Waals surface area contributed by atoms with Crippen molar-refractivity contribution in [2.45, 2.75) is 13.0 Å². The van der Waals surface area contributed by atoms with Gasteiger partial charge in [-0.3, -0.25) is 4.79 Å². The number of nitrogens with zero attached hydrogens (tertiary/aromatic N) is 4. The van der Waals surface area contributed by atoms with Crippen LogP contribution in [-0.2, 0) is 17.8 Å². The van der Waals surface area contributed by atoms with E-state index >= 15 is 0 Å². The van der Waals surface area contributed by atoms with E-state index in [1.54, 1.807) is 0 Å². The Kier molecular flexibility index (Phi) is 4.25. The molecule has 1 aromatic carbocycles. The van der Waals surface area contributed by atoms with Gasteiger partial charge in [-0.05, 0) is 48.9 Å². The van der Waals surface area contributed by atoms with E-state index in [0.717, 1.165) is 43.0 Å². The Morgan fingerprint density at radius 3 is 2.79 bits per heavy atom. The van der Waals surface area contributed by atoms with Crippen LogP contribution in [0.5, 0.6) is 0 Å². The van der Waals surface area contributed by atoms with Crippen LogP contribution in [0.4, 0.5) is 5.69 Å². The maximum Gasteiger partial charge on any atom is 0.276 e. The third kappa shape index (κ3) is 3.22. The van der Waals surface area contributed by atoms with Crippen LogP contribution in [0.2, 0.25) is 0 Å². The zero-order valence-corrected chi connectivity index (χ0v) is 15.3. The molecule has 1 saturated heterocycles. The van der Waals surface area contributed by atoms with Crippen molar-refractivity contribution in [3.05, 3.63) is 47.7 Å². The van der Waals surface area contributed by atoms with Gasteiger partial charge in [-0.25, -0.2) is 4.98 Å². The fraction of sp³-hybridized carbons (Fsp3) is 0.300. The summed E-state index contributed by atoms with van der Waals surface area (Å²) in [5.41, 5.74) is 4.87. The molecule has 8 nitrogen and oxygen atoms in total. The molecule has 0 unspecified atom stereocenters. The number of fused-ring (bicyclic) bond motifs is 1. The van der Waals surface area contributed by atoms with E-state index in [-0.39, 0.29) is 5.91 Å². The molecule has 1 amide bonds. The van der Waals surface area contributed by atoms with Crippen LogP contribution in [0, 0.1) is 0 Å². The minimum absolute atomic E-state index is 0.0471. The highest BCUT2D eigenvalue weighted by molar-refractivity contribution is 5.82. The number of rotatable bonds is 3. The number of piperazine rings is 1. The molecule has 0 radical (unpaired) electrons. The molecule has 2 aliphatic heterocycles. The average Bonchev–Trinajstić information content (AvgIpc) is 3.24. The van der Waals surface area contributed by atoms with Crippen LogP contribution in [-0.4, -0.2) is 47.2 Å². The first-order valence-corrected chi connectivity index (χ1v) is 9.42. The van der Waals surface area contributed by atoms with E-state index in [4.69, 9.17) is 4.52 Å². The quantitative estimate of drug-likeness (QED) is 0.713. The van der Waals surface area contributed by atoms with Gasteiger partial charge in [0.1, 0.15) is 5.69 Å². The lowest BCUT2D eigenvalue weighted by Crippen LogP contribution is -2.47. The van der Waals surface area contributed by atoms with Crippen molar-refractivity contribution in [3.8, 4) is 23.0 Å². The van der Waals surface area contributed by atoms with E-state index < -0.39 is 0 Å². The summed E-state index contributed by atoms with van der Waals surface area (Å²) in [5, 5.41) is 10.3. The van der Waals surface area contributed by atoms with Gasteiger partial charge in [0.05, 0.1) is 12.2 Å². The third-order valence-corrected chi connectivity index (χ3v) is 5.11. The Hall–Kier alpha value is -3.26. The predicted molar refractivity (Wildman–Crippen MR) is 104 cm³/mol. The number of benzene rings is 1. The highest BCUT2D eigenvalue weighted by Crippen LogP contribution is 2.25. The molecule has 0 bridgehead atoms. The standard InChI is InChI=1S/C20H20N6O2/c27-18-12-26(10-9-22-18)15-4-1-14(2-5-15)19-24-20(28-25-19)16-6-3-13-7-8-21-11-17(13)23-16/h1-6,21H,7-12H2,(H,22,27). The smallest absolute Gasteiger partial charge is 0.276 e. The first kappa shape index (κ1) is 16.9. The van der Waals surface area contributed by atoms with Crippen molar-refractivity contribution >= 4 is 11.6 Å². The molecule has 4 heterocycles. The number of carbonyl (C=O) groups excluding carboxylic acids is 1. The van der Waals surface area contributed by atoms with Gasteiger partial charge in [0, 0.05) is 30.9 Å². The van der Waals surface area contributed by atoms with Gasteiger partial charge < -0.3 is 20.1 Å². The van der Waals surface area contributed by atoms with E-state index in [2.05, 4.69) is 36.7 Å². The maximum atomic E-state index is 11.6. The number of nitrogens with one attached hydrogen (secondary N) is 2. The second-order valence-corrected chi connectivity index (χ2v) is 6.97. The normalized spacial score (nSPS) is 16.6. The van der Waals surface area contributed by atoms with Gasteiger partial charge in [0.15, 0.2) is 0 Å². The van der Waals surface area contributed by atoms with Gasteiger partial charge >= 0.3 is 0 Å². The summed E-state index contributed by atoms with van der Waals surface area (Å²) in [4.78, 5) is 22.8. The van der Waals surface area contributed by atoms with Gasteiger partial charge in [-0.15, -0.1) is 0 Å². The molecule has 2 aromatic heterocycles. The monoisotopic (exact) mass is 376 g/mol. The molecule has 0 aliphatic carbocycles. The molecular weight excluding hydrogens is 356 g/mol. The fourth-order valence-electron chi connectivity index (χ4n) is 3.58. The number of pyridine rings is 1.